The van der Waals surface area contributed by atoms with Gasteiger partial charge in [0.25, 0.3) is 0 Å². The van der Waals surface area contributed by atoms with Gasteiger partial charge in [-0.15, -0.1) is 0 Å². The maximum atomic E-state index is 6.16. The minimum absolute atomic E-state index is 0.233. The first-order valence-corrected chi connectivity index (χ1v) is 10.9. The average Bonchev–Trinajstić information content (AvgIpc) is 2.80. The van der Waals surface area contributed by atoms with Gasteiger partial charge in [-0.25, -0.2) is 0 Å². The molecule has 0 saturated carbocycles. The van der Waals surface area contributed by atoms with E-state index in [-0.39, 0.29) is 10.9 Å². The zero-order chi connectivity index (χ0) is 19.7. The molecule has 0 aliphatic carbocycles. The number of benzene rings is 4. The van der Waals surface area contributed by atoms with E-state index in [1.807, 2.05) is 42.5 Å². The van der Waals surface area contributed by atoms with E-state index in [0.717, 1.165) is 11.5 Å². The summed E-state index contributed by atoms with van der Waals surface area (Å²) >= 11 is 0. The molecule has 0 N–H and O–H groups in total. The Hall–Kier alpha value is -3.17. The number of para-hydroxylation sites is 2. The molecule has 29 heavy (non-hydrogen) atoms. The fourth-order valence-electron chi connectivity index (χ4n) is 3.07. The van der Waals surface area contributed by atoms with E-state index in [0.29, 0.717) is 13.2 Å². The molecule has 0 aromatic heterocycles. The highest BCUT2D eigenvalue weighted by atomic mass is 32.2. The number of rotatable bonds is 8. The third kappa shape index (κ3) is 5.01. The van der Waals surface area contributed by atoms with E-state index in [4.69, 9.17) is 9.47 Å². The first kappa shape index (κ1) is 19.2. The highest BCUT2D eigenvalue weighted by Gasteiger charge is 2.31. The second-order valence-corrected chi connectivity index (χ2v) is 8.38. The number of hydrogen-bond donors (Lipinski definition) is 0. The molecule has 0 aliphatic heterocycles. The summed E-state index contributed by atoms with van der Waals surface area (Å²) in [6.07, 6.45) is 0. The normalized spacial score (nSPS) is 10.7. The second kappa shape index (κ2) is 9.85. The highest BCUT2D eigenvalue weighted by molar-refractivity contribution is 7.97. The van der Waals surface area contributed by atoms with Crippen LogP contribution in [0.4, 0.5) is 0 Å². The van der Waals surface area contributed by atoms with Gasteiger partial charge in [0.15, 0.2) is 15.5 Å². The van der Waals surface area contributed by atoms with Gasteiger partial charge in [-0.3, -0.25) is 0 Å². The van der Waals surface area contributed by atoms with Gasteiger partial charge in [-0.1, -0.05) is 66.7 Å². The quantitative estimate of drug-likeness (QED) is 0.258. The molecule has 0 heterocycles. The standard InChI is InChI=1S/C26H23O2S/c1-4-12-22(13-5-1)27-20-21-28-25-18-10-11-19-26(25)29(23-14-6-2-7-15-23)24-16-8-3-9-17-24/h1-19H,20-21H2/q+1. The van der Waals surface area contributed by atoms with Gasteiger partial charge in [0.1, 0.15) is 29.9 Å². The molecule has 4 aromatic rings. The van der Waals surface area contributed by atoms with Crippen LogP contribution < -0.4 is 9.47 Å². The van der Waals surface area contributed by atoms with E-state index in [1.165, 1.54) is 14.7 Å². The van der Waals surface area contributed by atoms with Gasteiger partial charge in [-0.05, 0) is 48.5 Å². The van der Waals surface area contributed by atoms with Crippen LogP contribution in [0.5, 0.6) is 11.5 Å². The summed E-state index contributed by atoms with van der Waals surface area (Å²) in [5, 5.41) is 0. The fourth-order valence-corrected chi connectivity index (χ4v) is 5.25. The molecule has 0 spiro atoms. The van der Waals surface area contributed by atoms with Crippen LogP contribution in [-0.2, 0) is 10.9 Å². The second-order valence-electron chi connectivity index (χ2n) is 6.39. The topological polar surface area (TPSA) is 18.5 Å². The van der Waals surface area contributed by atoms with E-state index in [9.17, 15) is 0 Å². The van der Waals surface area contributed by atoms with Crippen LogP contribution in [0.1, 0.15) is 0 Å². The van der Waals surface area contributed by atoms with Crippen LogP contribution in [0.15, 0.2) is 130 Å². The first-order chi connectivity index (χ1) is 14.4. The lowest BCUT2D eigenvalue weighted by Crippen LogP contribution is -2.12. The van der Waals surface area contributed by atoms with Crippen molar-refractivity contribution in [1.29, 1.82) is 0 Å². The van der Waals surface area contributed by atoms with Gasteiger partial charge >= 0.3 is 0 Å². The summed E-state index contributed by atoms with van der Waals surface area (Å²) in [6.45, 7) is 0.996. The van der Waals surface area contributed by atoms with E-state index < -0.39 is 0 Å². The van der Waals surface area contributed by atoms with Gasteiger partial charge in [0.2, 0.25) is 4.90 Å². The van der Waals surface area contributed by atoms with Crippen LogP contribution in [0.2, 0.25) is 0 Å². The Morgan fingerprint density at radius 3 is 1.59 bits per heavy atom. The summed E-state index contributed by atoms with van der Waals surface area (Å²) in [4.78, 5) is 3.73. The zero-order valence-electron chi connectivity index (χ0n) is 16.1. The molecule has 0 unspecified atom stereocenters. The molecule has 0 bridgehead atoms. The van der Waals surface area contributed by atoms with Gasteiger partial charge < -0.3 is 9.47 Å². The smallest absolute Gasteiger partial charge is 0.208 e. The lowest BCUT2D eigenvalue weighted by Gasteiger charge is -2.13. The Labute approximate surface area is 175 Å². The Morgan fingerprint density at radius 2 is 0.966 bits per heavy atom. The SMILES string of the molecule is c1ccc(OCCOc2ccccc2[S+](c2ccccc2)c2ccccc2)cc1. The summed E-state index contributed by atoms with van der Waals surface area (Å²) in [6, 6.07) is 39.4. The minimum atomic E-state index is -0.233. The lowest BCUT2D eigenvalue weighted by atomic mass is 10.3. The predicted octanol–water partition coefficient (Wildman–Crippen LogP) is 6.24. The lowest BCUT2D eigenvalue weighted by molar-refractivity contribution is 0.214. The van der Waals surface area contributed by atoms with Crippen molar-refractivity contribution in [2.75, 3.05) is 13.2 Å². The van der Waals surface area contributed by atoms with E-state index in [1.54, 1.807) is 0 Å². The van der Waals surface area contributed by atoms with Crippen molar-refractivity contribution in [2.45, 2.75) is 14.7 Å². The van der Waals surface area contributed by atoms with Crippen LogP contribution in [-0.4, -0.2) is 13.2 Å². The maximum Gasteiger partial charge on any atom is 0.208 e. The third-order valence-electron chi connectivity index (χ3n) is 4.38. The molecule has 0 aliphatic rings. The van der Waals surface area contributed by atoms with Gasteiger partial charge in [-0.2, -0.15) is 0 Å². The van der Waals surface area contributed by atoms with Crippen LogP contribution >= 0.6 is 0 Å². The Morgan fingerprint density at radius 1 is 0.483 bits per heavy atom. The number of hydrogen-bond acceptors (Lipinski definition) is 2. The van der Waals surface area contributed by atoms with E-state index >= 15 is 0 Å². The fraction of sp³-hybridized carbons (Fsp3) is 0.0769. The van der Waals surface area contributed by atoms with Gasteiger partial charge in [0.05, 0.1) is 0 Å². The monoisotopic (exact) mass is 399 g/mol. The average molecular weight is 400 g/mol. The largest absolute Gasteiger partial charge is 0.490 e. The molecule has 3 heteroatoms. The Bertz CT molecular complexity index is 965. The molecule has 0 fully saturated rings. The first-order valence-electron chi connectivity index (χ1n) is 9.66. The summed E-state index contributed by atoms with van der Waals surface area (Å²) in [7, 11) is -0.233. The third-order valence-corrected chi connectivity index (χ3v) is 6.64. The summed E-state index contributed by atoms with van der Waals surface area (Å²) in [5.74, 6) is 1.76. The molecule has 4 rings (SSSR count). The van der Waals surface area contributed by atoms with Crippen LogP contribution in [0.3, 0.4) is 0 Å². The van der Waals surface area contributed by atoms with Crippen LogP contribution in [0.25, 0.3) is 0 Å². The maximum absolute atomic E-state index is 6.16. The Kier molecular flexibility index (Phi) is 6.51. The molecule has 0 radical (unpaired) electrons. The van der Waals surface area contributed by atoms with Gasteiger partial charge in [0, 0.05) is 0 Å². The molecule has 0 saturated heterocycles. The van der Waals surface area contributed by atoms with Crippen molar-refractivity contribution >= 4 is 10.9 Å². The molecule has 0 amide bonds. The molecule has 4 aromatic carbocycles. The predicted molar refractivity (Wildman–Crippen MR) is 119 cm³/mol. The van der Waals surface area contributed by atoms with Crippen LogP contribution in [0, 0.1) is 0 Å². The van der Waals surface area contributed by atoms with Crippen molar-refractivity contribution in [3.8, 4) is 11.5 Å². The number of ether oxygens (including phenoxy) is 2. The van der Waals surface area contributed by atoms with E-state index in [2.05, 4.69) is 72.8 Å². The molecule has 0 atom stereocenters. The van der Waals surface area contributed by atoms with Crippen molar-refractivity contribution in [3.63, 3.8) is 0 Å². The minimum Gasteiger partial charge on any atom is -0.490 e. The Balaban J connectivity index is 1.56. The van der Waals surface area contributed by atoms with Crippen molar-refractivity contribution in [1.82, 2.24) is 0 Å². The highest BCUT2D eigenvalue weighted by Crippen LogP contribution is 2.36. The van der Waals surface area contributed by atoms with Crippen molar-refractivity contribution in [3.05, 3.63) is 115 Å². The molecular weight excluding hydrogens is 376 g/mol. The molecule has 144 valence electrons. The summed E-state index contributed by atoms with van der Waals surface area (Å²) < 4.78 is 11.9. The zero-order valence-corrected chi connectivity index (χ0v) is 16.9. The molecule has 2 nitrogen and oxygen atoms in total. The molecular formula is C26H23O2S+. The summed E-state index contributed by atoms with van der Waals surface area (Å²) in [5.41, 5.74) is 0. The van der Waals surface area contributed by atoms with Crippen molar-refractivity contribution in [2.24, 2.45) is 0 Å². The van der Waals surface area contributed by atoms with Crippen molar-refractivity contribution < 1.29 is 9.47 Å².